The van der Waals surface area contributed by atoms with Crippen molar-refractivity contribution in [2.24, 2.45) is 0 Å². The maximum absolute atomic E-state index is 2.52. The van der Waals surface area contributed by atoms with Gasteiger partial charge in [0, 0.05) is 33.4 Å². The molecule has 0 bridgehead atoms. The van der Waals surface area contributed by atoms with Gasteiger partial charge < -0.3 is 9.80 Å². The van der Waals surface area contributed by atoms with Crippen LogP contribution in [-0.2, 0) is 6.42 Å². The molecule has 0 saturated carbocycles. The molecule has 1 aliphatic carbocycles. The SMILES string of the molecule is CCCCc1cc(N(c2ccc(C)c(C)c2)c2cc3c4c(c(N(c5ccc(C)c(C)c5)c5ccc(C)c(C)c5)cc3c3ccccc23)=CCCC=4)ccc1C. The Morgan fingerprint density at radius 2 is 0.891 bits per heavy atom. The first-order chi connectivity index (χ1) is 26.6. The lowest BCUT2D eigenvalue weighted by molar-refractivity contribution is 0.791. The summed E-state index contributed by atoms with van der Waals surface area (Å²) in [5.74, 6) is 0. The van der Waals surface area contributed by atoms with Gasteiger partial charge in [-0.3, -0.25) is 0 Å². The van der Waals surface area contributed by atoms with Crippen LogP contribution < -0.4 is 20.2 Å². The van der Waals surface area contributed by atoms with Crippen LogP contribution in [0.25, 0.3) is 33.7 Å². The van der Waals surface area contributed by atoms with Gasteiger partial charge in [0.05, 0.1) is 11.4 Å². The van der Waals surface area contributed by atoms with Gasteiger partial charge in [-0.05, 0) is 201 Å². The zero-order valence-electron chi connectivity index (χ0n) is 34.0. The molecule has 0 spiro atoms. The van der Waals surface area contributed by atoms with Crippen LogP contribution in [0.2, 0.25) is 0 Å². The Kier molecular flexibility index (Phi) is 9.86. The first kappa shape index (κ1) is 36.4. The highest BCUT2D eigenvalue weighted by Gasteiger charge is 2.23. The van der Waals surface area contributed by atoms with Crippen molar-refractivity contribution in [3.05, 3.63) is 164 Å². The van der Waals surface area contributed by atoms with Crippen LogP contribution in [-0.4, -0.2) is 0 Å². The molecule has 0 aliphatic heterocycles. The number of unbranched alkanes of at least 4 members (excludes halogenated alkanes) is 1. The maximum Gasteiger partial charge on any atom is 0.0546 e. The summed E-state index contributed by atoms with van der Waals surface area (Å²) >= 11 is 0. The number of nitrogens with zero attached hydrogens (tertiary/aromatic N) is 2. The molecule has 276 valence electrons. The quantitative estimate of drug-likeness (QED) is 0.137. The molecule has 55 heavy (non-hydrogen) atoms. The Bertz CT molecular complexity index is 2680. The van der Waals surface area contributed by atoms with Crippen molar-refractivity contribution in [2.75, 3.05) is 9.80 Å². The second-order valence-electron chi connectivity index (χ2n) is 15.9. The molecule has 0 amide bonds. The third kappa shape index (κ3) is 6.73. The topological polar surface area (TPSA) is 6.48 Å². The summed E-state index contributed by atoms with van der Waals surface area (Å²) in [6.45, 7) is 17.8. The molecular formula is C53H54N2. The fraction of sp³-hybridized carbons (Fsp3) is 0.245. The van der Waals surface area contributed by atoms with Crippen molar-refractivity contribution < 1.29 is 0 Å². The monoisotopic (exact) mass is 718 g/mol. The summed E-state index contributed by atoms with van der Waals surface area (Å²) in [4.78, 5) is 5.02. The first-order valence-corrected chi connectivity index (χ1v) is 20.2. The van der Waals surface area contributed by atoms with E-state index in [1.807, 2.05) is 0 Å². The molecule has 1 aliphatic rings. The molecule has 0 fully saturated rings. The standard InChI is InChI=1S/C53H54N2/c1-9-10-15-41-31-45(27-23-37(41)5)55(44-26-22-36(4)40(8)30-44)53-33-51-46-16-11-13-18-48(46)52(32-50(51)47-17-12-14-19-49(47)53)54(42-24-20-34(2)38(6)28-42)43-25-21-35(3)39(7)29-43/h12,14,16-33H,9-11,13,15H2,1-8H3. The van der Waals surface area contributed by atoms with Gasteiger partial charge in [-0.15, -0.1) is 0 Å². The predicted octanol–water partition coefficient (Wildman–Crippen LogP) is 13.8. The van der Waals surface area contributed by atoms with E-state index in [0.29, 0.717) is 0 Å². The summed E-state index contributed by atoms with van der Waals surface area (Å²) < 4.78 is 0. The second-order valence-corrected chi connectivity index (χ2v) is 15.9. The van der Waals surface area contributed by atoms with E-state index in [2.05, 4.69) is 187 Å². The molecule has 8 rings (SSSR count). The number of hydrogen-bond acceptors (Lipinski definition) is 2. The van der Waals surface area contributed by atoms with Crippen LogP contribution in [0.3, 0.4) is 0 Å². The van der Waals surface area contributed by atoms with Crippen molar-refractivity contribution in [2.45, 2.75) is 87.5 Å². The van der Waals surface area contributed by atoms with E-state index in [-0.39, 0.29) is 0 Å². The van der Waals surface area contributed by atoms with E-state index in [1.54, 1.807) is 0 Å². The van der Waals surface area contributed by atoms with Crippen molar-refractivity contribution >= 4 is 67.8 Å². The van der Waals surface area contributed by atoms with Crippen molar-refractivity contribution in [3.8, 4) is 0 Å². The Hall–Kier alpha value is -5.60. The summed E-state index contributed by atoms with van der Waals surface area (Å²) in [6.07, 6.45) is 10.5. The molecular weight excluding hydrogens is 665 g/mol. The van der Waals surface area contributed by atoms with Gasteiger partial charge in [-0.1, -0.05) is 74.0 Å². The highest BCUT2D eigenvalue weighted by atomic mass is 15.2. The molecule has 0 heterocycles. The van der Waals surface area contributed by atoms with Crippen molar-refractivity contribution in [1.29, 1.82) is 0 Å². The molecule has 7 aromatic rings. The normalized spacial score (nSPS) is 12.4. The Labute approximate surface area is 328 Å². The average Bonchev–Trinajstić information content (AvgIpc) is 3.19. The summed E-state index contributed by atoms with van der Waals surface area (Å²) in [5, 5.41) is 7.74. The lowest BCUT2D eigenvalue weighted by Gasteiger charge is -2.30. The van der Waals surface area contributed by atoms with Gasteiger partial charge in [0.25, 0.3) is 0 Å². The lowest BCUT2D eigenvalue weighted by atomic mass is 9.93. The Morgan fingerprint density at radius 3 is 1.44 bits per heavy atom. The van der Waals surface area contributed by atoms with Gasteiger partial charge >= 0.3 is 0 Å². The summed E-state index contributed by atoms with van der Waals surface area (Å²) in [5.41, 5.74) is 17.8. The summed E-state index contributed by atoms with van der Waals surface area (Å²) in [6, 6.07) is 41.9. The van der Waals surface area contributed by atoms with E-state index in [1.165, 1.54) is 123 Å². The van der Waals surface area contributed by atoms with Gasteiger partial charge in [-0.2, -0.15) is 0 Å². The Balaban J connectivity index is 1.45. The molecule has 0 atom stereocenters. The highest BCUT2D eigenvalue weighted by molar-refractivity contribution is 6.16. The number of rotatable bonds is 9. The average molecular weight is 719 g/mol. The molecule has 2 heteroatoms. The zero-order valence-corrected chi connectivity index (χ0v) is 34.0. The Morgan fingerprint density at radius 1 is 0.418 bits per heavy atom. The molecule has 0 aromatic heterocycles. The predicted molar refractivity (Wildman–Crippen MR) is 240 cm³/mol. The fourth-order valence-corrected chi connectivity index (χ4v) is 8.40. The van der Waals surface area contributed by atoms with Crippen LogP contribution in [0, 0.1) is 48.5 Å². The van der Waals surface area contributed by atoms with Crippen LogP contribution in [0.15, 0.2) is 109 Å². The van der Waals surface area contributed by atoms with E-state index in [4.69, 9.17) is 0 Å². The second kappa shape index (κ2) is 14.9. The smallest absolute Gasteiger partial charge is 0.0546 e. The minimum atomic E-state index is 1.03. The van der Waals surface area contributed by atoms with E-state index < -0.39 is 0 Å². The molecule has 0 radical (unpaired) electrons. The largest absolute Gasteiger partial charge is 0.310 e. The third-order valence-electron chi connectivity index (χ3n) is 12.2. The number of benzene rings is 7. The first-order valence-electron chi connectivity index (χ1n) is 20.2. The zero-order chi connectivity index (χ0) is 38.4. The molecule has 2 nitrogen and oxygen atoms in total. The molecule has 0 saturated heterocycles. The van der Waals surface area contributed by atoms with Crippen molar-refractivity contribution in [1.82, 2.24) is 0 Å². The highest BCUT2D eigenvalue weighted by Crippen LogP contribution is 2.44. The fourth-order valence-electron chi connectivity index (χ4n) is 8.40. The van der Waals surface area contributed by atoms with Gasteiger partial charge in [-0.25, -0.2) is 0 Å². The molecule has 7 aromatic carbocycles. The minimum Gasteiger partial charge on any atom is -0.310 e. The number of aryl methyl sites for hydroxylation is 8. The van der Waals surface area contributed by atoms with Crippen LogP contribution in [0.4, 0.5) is 34.1 Å². The summed E-state index contributed by atoms with van der Waals surface area (Å²) in [7, 11) is 0. The van der Waals surface area contributed by atoms with Crippen LogP contribution in [0.5, 0.6) is 0 Å². The van der Waals surface area contributed by atoms with E-state index in [9.17, 15) is 0 Å². The van der Waals surface area contributed by atoms with Gasteiger partial charge in [0.15, 0.2) is 0 Å². The maximum atomic E-state index is 2.52. The van der Waals surface area contributed by atoms with Crippen LogP contribution >= 0.6 is 0 Å². The van der Waals surface area contributed by atoms with Gasteiger partial charge in [0.1, 0.15) is 0 Å². The minimum absolute atomic E-state index is 1.03. The lowest BCUT2D eigenvalue weighted by Crippen LogP contribution is -2.33. The van der Waals surface area contributed by atoms with E-state index >= 15 is 0 Å². The molecule has 0 unspecified atom stereocenters. The number of fused-ring (bicyclic) bond motifs is 5. The molecule has 0 N–H and O–H groups in total. The van der Waals surface area contributed by atoms with Crippen molar-refractivity contribution in [3.63, 3.8) is 0 Å². The number of anilines is 6. The third-order valence-corrected chi connectivity index (χ3v) is 12.2. The van der Waals surface area contributed by atoms with Crippen LogP contribution in [0.1, 0.15) is 77.1 Å². The number of hydrogen-bond donors (Lipinski definition) is 0. The van der Waals surface area contributed by atoms with Gasteiger partial charge in [0.2, 0.25) is 0 Å². The van der Waals surface area contributed by atoms with E-state index in [0.717, 1.165) is 19.3 Å².